The van der Waals surface area contributed by atoms with Crippen molar-refractivity contribution >= 4 is 29.2 Å². The topological polar surface area (TPSA) is 58.2 Å². The fourth-order valence-corrected chi connectivity index (χ4v) is 2.96. The van der Waals surface area contributed by atoms with E-state index in [-0.39, 0.29) is 23.9 Å². The molecule has 4 nitrogen and oxygen atoms in total. The van der Waals surface area contributed by atoms with Crippen LogP contribution in [-0.2, 0) is 9.59 Å². The summed E-state index contributed by atoms with van der Waals surface area (Å²) in [7, 11) is 0. The van der Waals surface area contributed by atoms with Crippen molar-refractivity contribution in [3.8, 4) is 10.4 Å². The Morgan fingerprint density at radius 2 is 1.79 bits per heavy atom. The molecule has 0 aliphatic rings. The maximum absolute atomic E-state index is 11.8. The zero-order valence-electron chi connectivity index (χ0n) is 14.1. The highest BCUT2D eigenvalue weighted by Crippen LogP contribution is 2.28. The third-order valence-corrected chi connectivity index (χ3v) is 4.12. The molecule has 0 aliphatic heterocycles. The highest BCUT2D eigenvalue weighted by molar-refractivity contribution is 7.16. The van der Waals surface area contributed by atoms with E-state index in [1.54, 1.807) is 17.4 Å². The Morgan fingerprint density at radius 3 is 2.46 bits per heavy atom. The van der Waals surface area contributed by atoms with Gasteiger partial charge in [-0.3, -0.25) is 9.59 Å². The van der Waals surface area contributed by atoms with Gasteiger partial charge in [0.15, 0.2) is 0 Å². The molecule has 0 aliphatic carbocycles. The van der Waals surface area contributed by atoms with Crippen LogP contribution in [0.1, 0.15) is 25.6 Å². The highest BCUT2D eigenvalue weighted by Gasteiger charge is 2.13. The number of rotatable bonds is 5. The second-order valence-corrected chi connectivity index (χ2v) is 7.53. The van der Waals surface area contributed by atoms with E-state index in [0.29, 0.717) is 0 Å². The lowest BCUT2D eigenvalue weighted by Crippen LogP contribution is -2.45. The van der Waals surface area contributed by atoms with Gasteiger partial charge in [-0.1, -0.05) is 30.3 Å². The number of benzene rings is 1. The lowest BCUT2D eigenvalue weighted by molar-refractivity contribution is -0.124. The largest absolute Gasteiger partial charge is 0.350 e. The molecule has 1 aromatic heterocycles. The van der Waals surface area contributed by atoms with E-state index in [1.165, 1.54) is 6.08 Å². The molecule has 0 atom stereocenters. The van der Waals surface area contributed by atoms with Crippen molar-refractivity contribution in [2.75, 3.05) is 6.54 Å². The van der Waals surface area contributed by atoms with Gasteiger partial charge in [0.1, 0.15) is 0 Å². The minimum absolute atomic E-state index is 0.0276. The second kappa shape index (κ2) is 7.93. The second-order valence-electron chi connectivity index (χ2n) is 6.42. The van der Waals surface area contributed by atoms with Crippen LogP contribution < -0.4 is 10.6 Å². The molecular weight excluding hydrogens is 320 g/mol. The van der Waals surface area contributed by atoms with Gasteiger partial charge in [0, 0.05) is 21.4 Å². The molecule has 1 heterocycles. The molecular formula is C19H22N2O2S. The molecule has 0 unspecified atom stereocenters. The Labute approximate surface area is 146 Å². The average Bonchev–Trinajstić information content (AvgIpc) is 2.99. The van der Waals surface area contributed by atoms with Crippen LogP contribution in [0.2, 0.25) is 0 Å². The lowest BCUT2D eigenvalue weighted by Gasteiger charge is -2.20. The third kappa shape index (κ3) is 6.01. The summed E-state index contributed by atoms with van der Waals surface area (Å²) in [5.41, 5.74) is 0.855. The molecule has 0 saturated heterocycles. The Bertz CT molecular complexity index is 727. The van der Waals surface area contributed by atoms with Gasteiger partial charge in [0.25, 0.3) is 0 Å². The molecule has 0 fully saturated rings. The molecule has 5 heteroatoms. The van der Waals surface area contributed by atoms with E-state index in [4.69, 9.17) is 0 Å². The molecule has 0 bridgehead atoms. The van der Waals surface area contributed by atoms with Crippen molar-refractivity contribution in [1.29, 1.82) is 0 Å². The minimum atomic E-state index is -0.303. The van der Waals surface area contributed by atoms with Crippen LogP contribution in [-0.4, -0.2) is 23.9 Å². The highest BCUT2D eigenvalue weighted by atomic mass is 32.1. The van der Waals surface area contributed by atoms with E-state index in [2.05, 4.69) is 22.8 Å². The van der Waals surface area contributed by atoms with Crippen molar-refractivity contribution in [2.45, 2.75) is 26.3 Å². The fraction of sp³-hybridized carbons (Fsp3) is 0.263. The van der Waals surface area contributed by atoms with Crippen molar-refractivity contribution in [2.24, 2.45) is 0 Å². The van der Waals surface area contributed by atoms with Crippen LogP contribution in [0.4, 0.5) is 0 Å². The Kier molecular flexibility index (Phi) is 5.93. The molecule has 126 valence electrons. The van der Waals surface area contributed by atoms with Crippen LogP contribution in [0.15, 0.2) is 48.5 Å². The van der Waals surface area contributed by atoms with Crippen molar-refractivity contribution in [1.82, 2.24) is 10.6 Å². The van der Waals surface area contributed by atoms with Gasteiger partial charge >= 0.3 is 0 Å². The first-order chi connectivity index (χ1) is 11.3. The third-order valence-electron chi connectivity index (χ3n) is 3.02. The van der Waals surface area contributed by atoms with Crippen molar-refractivity contribution < 1.29 is 9.59 Å². The molecule has 24 heavy (non-hydrogen) atoms. The normalized spacial score (nSPS) is 11.5. The standard InChI is InChI=1S/C19H22N2O2S/c1-19(2,3)21-18(23)13-20-17(22)12-10-15-9-11-16(24-15)14-7-5-4-6-8-14/h4-12H,13H2,1-3H3,(H,20,22)(H,21,23)/b12-10+. The molecule has 2 aromatic rings. The monoisotopic (exact) mass is 342 g/mol. The smallest absolute Gasteiger partial charge is 0.244 e. The van der Waals surface area contributed by atoms with Crippen LogP contribution in [0.3, 0.4) is 0 Å². The number of hydrogen-bond donors (Lipinski definition) is 2. The lowest BCUT2D eigenvalue weighted by atomic mass is 10.1. The quantitative estimate of drug-likeness (QED) is 0.818. The summed E-state index contributed by atoms with van der Waals surface area (Å²) >= 11 is 1.61. The van der Waals surface area contributed by atoms with Crippen molar-refractivity contribution in [3.63, 3.8) is 0 Å². The first kappa shape index (κ1) is 17.9. The number of amides is 2. The van der Waals surface area contributed by atoms with Crippen LogP contribution in [0.25, 0.3) is 16.5 Å². The summed E-state index contributed by atoms with van der Waals surface area (Å²) in [6.07, 6.45) is 3.21. The van der Waals surface area contributed by atoms with Crippen LogP contribution in [0, 0.1) is 0 Å². The molecule has 0 radical (unpaired) electrons. The van der Waals surface area contributed by atoms with E-state index in [1.807, 2.05) is 51.1 Å². The van der Waals surface area contributed by atoms with E-state index in [0.717, 1.165) is 15.3 Å². The zero-order valence-corrected chi connectivity index (χ0v) is 14.9. The number of nitrogens with one attached hydrogen (secondary N) is 2. The average molecular weight is 342 g/mol. The van der Waals surface area contributed by atoms with Gasteiger partial charge in [-0.2, -0.15) is 0 Å². The summed E-state index contributed by atoms with van der Waals surface area (Å²) < 4.78 is 0. The molecule has 2 N–H and O–H groups in total. The molecule has 0 saturated carbocycles. The summed E-state index contributed by atoms with van der Waals surface area (Å²) in [6.45, 7) is 5.66. The molecule has 2 amide bonds. The SMILES string of the molecule is CC(C)(C)NC(=O)CNC(=O)/C=C/c1ccc(-c2ccccc2)s1. The summed E-state index contributed by atoms with van der Waals surface area (Å²) in [5, 5.41) is 5.37. The molecule has 2 rings (SSSR count). The van der Waals surface area contributed by atoms with Crippen LogP contribution >= 0.6 is 11.3 Å². The summed E-state index contributed by atoms with van der Waals surface area (Å²) in [5.74, 6) is -0.486. The minimum Gasteiger partial charge on any atom is -0.350 e. The predicted molar refractivity (Wildman–Crippen MR) is 99.7 cm³/mol. The first-order valence-electron chi connectivity index (χ1n) is 7.76. The Morgan fingerprint density at radius 1 is 1.08 bits per heavy atom. The maximum atomic E-state index is 11.8. The van der Waals surface area contributed by atoms with Gasteiger partial charge in [-0.25, -0.2) is 0 Å². The zero-order chi connectivity index (χ0) is 17.6. The van der Waals surface area contributed by atoms with Gasteiger partial charge in [0.05, 0.1) is 6.54 Å². The number of hydrogen-bond acceptors (Lipinski definition) is 3. The summed E-state index contributed by atoms with van der Waals surface area (Å²) in [6, 6.07) is 14.1. The number of carbonyl (C=O) groups excluding carboxylic acids is 2. The van der Waals surface area contributed by atoms with Gasteiger partial charge < -0.3 is 10.6 Å². The first-order valence-corrected chi connectivity index (χ1v) is 8.57. The summed E-state index contributed by atoms with van der Waals surface area (Å²) in [4.78, 5) is 25.6. The van der Waals surface area contributed by atoms with Gasteiger partial charge in [-0.05, 0) is 44.5 Å². The van der Waals surface area contributed by atoms with E-state index >= 15 is 0 Å². The fourth-order valence-electron chi connectivity index (χ4n) is 2.05. The van der Waals surface area contributed by atoms with Gasteiger partial charge in [0.2, 0.25) is 11.8 Å². The van der Waals surface area contributed by atoms with E-state index < -0.39 is 0 Å². The Balaban J connectivity index is 1.86. The van der Waals surface area contributed by atoms with Crippen molar-refractivity contribution in [3.05, 3.63) is 53.4 Å². The van der Waals surface area contributed by atoms with Gasteiger partial charge in [-0.15, -0.1) is 11.3 Å². The molecule has 0 spiro atoms. The molecule has 1 aromatic carbocycles. The van der Waals surface area contributed by atoms with Crippen LogP contribution in [0.5, 0.6) is 0 Å². The predicted octanol–water partition coefficient (Wildman–Crippen LogP) is 3.46. The van der Waals surface area contributed by atoms with E-state index in [9.17, 15) is 9.59 Å². The number of thiophene rings is 1. The maximum Gasteiger partial charge on any atom is 0.244 e. The Hall–Kier alpha value is -2.40. The number of carbonyl (C=O) groups is 2.